The van der Waals surface area contributed by atoms with Crippen molar-refractivity contribution < 1.29 is 79.0 Å². The van der Waals surface area contributed by atoms with Crippen molar-refractivity contribution in [1.82, 2.24) is 0 Å². The van der Waals surface area contributed by atoms with Gasteiger partial charge in [0.25, 0.3) is 0 Å². The second-order valence-electron chi connectivity index (χ2n) is 8.50. The van der Waals surface area contributed by atoms with Gasteiger partial charge in [0.15, 0.2) is 0 Å². The summed E-state index contributed by atoms with van der Waals surface area (Å²) in [6.45, 7) is 0. The summed E-state index contributed by atoms with van der Waals surface area (Å²) in [7, 11) is 0. The Morgan fingerprint density at radius 2 is 0.500 bits per heavy atom. The Hall–Kier alpha value is -3.60. The van der Waals surface area contributed by atoms with Crippen LogP contribution in [0.5, 0.6) is 0 Å². The molecule has 0 saturated heterocycles. The van der Waals surface area contributed by atoms with Gasteiger partial charge in [0.05, 0.1) is 33.4 Å². The lowest BCUT2D eigenvalue weighted by atomic mass is 9.84. The molecule has 0 spiro atoms. The molecule has 0 saturated carbocycles. The van der Waals surface area contributed by atoms with E-state index < -0.39 is 141 Å². The Balaban J connectivity index is 2.71. The van der Waals surface area contributed by atoms with Crippen LogP contribution >= 0.6 is 0 Å². The van der Waals surface area contributed by atoms with Gasteiger partial charge in [-0.05, 0) is 59.7 Å². The summed E-state index contributed by atoms with van der Waals surface area (Å²) in [5, 5.41) is 0. The number of alkyl halides is 18. The minimum Gasteiger partial charge on any atom is -0.166 e. The molecule has 0 aromatic heterocycles. The molecule has 42 heavy (non-hydrogen) atoms. The van der Waals surface area contributed by atoms with Crippen LogP contribution in [0.25, 0.3) is 22.3 Å². The molecule has 0 amide bonds. The minimum absolute atomic E-state index is 0.423. The van der Waals surface area contributed by atoms with E-state index in [-0.39, 0.29) is 0 Å². The predicted octanol–water partition coefficient (Wildman–Crippen LogP) is 11.1. The van der Waals surface area contributed by atoms with Gasteiger partial charge in [0, 0.05) is 11.1 Å². The fraction of sp³-hybridized carbons (Fsp3) is 0.250. The van der Waals surface area contributed by atoms with Crippen LogP contribution in [0.3, 0.4) is 0 Å². The van der Waals surface area contributed by atoms with Crippen LogP contribution in [0.15, 0.2) is 48.5 Å². The molecule has 0 fully saturated rings. The molecule has 0 bridgehead atoms. The summed E-state index contributed by atoms with van der Waals surface area (Å²) in [6, 6.07) is -3.82. The molecule has 0 radical (unpaired) electrons. The fourth-order valence-electron chi connectivity index (χ4n) is 3.87. The van der Waals surface area contributed by atoms with Crippen molar-refractivity contribution in [2.24, 2.45) is 0 Å². The largest absolute Gasteiger partial charge is 0.417 e. The summed E-state index contributed by atoms with van der Waals surface area (Å²) in [5.74, 6) is 0. The summed E-state index contributed by atoms with van der Waals surface area (Å²) in [5.41, 5.74) is -22.2. The maximum Gasteiger partial charge on any atom is 0.417 e. The zero-order valence-corrected chi connectivity index (χ0v) is 19.4. The van der Waals surface area contributed by atoms with E-state index in [4.69, 9.17) is 0 Å². The van der Waals surface area contributed by atoms with Gasteiger partial charge in [-0.25, -0.2) is 0 Å². The molecule has 0 aliphatic heterocycles. The van der Waals surface area contributed by atoms with Gasteiger partial charge in [-0.1, -0.05) is 0 Å². The fourth-order valence-corrected chi connectivity index (χ4v) is 3.87. The first-order chi connectivity index (χ1) is 18.6. The van der Waals surface area contributed by atoms with Gasteiger partial charge in [-0.2, -0.15) is 79.0 Å². The van der Waals surface area contributed by atoms with E-state index in [1.54, 1.807) is 0 Å². The molecular formula is C24H8F18. The summed E-state index contributed by atoms with van der Waals surface area (Å²) in [6.07, 6.45) is -34.8. The van der Waals surface area contributed by atoms with Crippen molar-refractivity contribution in [2.45, 2.75) is 37.1 Å². The number of hydrogen-bond acceptors (Lipinski definition) is 0. The number of halogens is 18. The highest BCUT2D eigenvalue weighted by Crippen LogP contribution is 2.51. The van der Waals surface area contributed by atoms with E-state index in [0.29, 0.717) is 0 Å². The Labute approximate surface area is 221 Å². The van der Waals surface area contributed by atoms with Crippen LogP contribution in [0.1, 0.15) is 33.4 Å². The average Bonchev–Trinajstić information content (AvgIpc) is 2.79. The molecule has 3 aromatic carbocycles. The van der Waals surface area contributed by atoms with Gasteiger partial charge in [0.1, 0.15) is 0 Å². The first-order valence-corrected chi connectivity index (χ1v) is 10.5. The first-order valence-electron chi connectivity index (χ1n) is 10.5. The molecule has 0 aliphatic carbocycles. The van der Waals surface area contributed by atoms with Crippen LogP contribution < -0.4 is 0 Å². The van der Waals surface area contributed by atoms with Crippen molar-refractivity contribution in [2.75, 3.05) is 0 Å². The first kappa shape index (κ1) is 32.9. The quantitative estimate of drug-likeness (QED) is 0.245. The van der Waals surface area contributed by atoms with E-state index >= 15 is 0 Å². The molecule has 3 rings (SSSR count). The second-order valence-corrected chi connectivity index (χ2v) is 8.50. The van der Waals surface area contributed by atoms with E-state index in [2.05, 4.69) is 0 Å². The van der Waals surface area contributed by atoms with Gasteiger partial charge in [0.2, 0.25) is 0 Å². The topological polar surface area (TPSA) is 0 Å². The van der Waals surface area contributed by atoms with Crippen molar-refractivity contribution >= 4 is 0 Å². The normalized spacial score (nSPS) is 14.0. The summed E-state index contributed by atoms with van der Waals surface area (Å²) < 4.78 is 245. The number of rotatable bonds is 2. The zero-order chi connectivity index (χ0) is 32.4. The molecule has 0 unspecified atom stereocenters. The molecule has 0 atom stereocenters. The zero-order valence-electron chi connectivity index (χ0n) is 19.4. The predicted molar refractivity (Wildman–Crippen MR) is 107 cm³/mol. The maximum atomic E-state index is 14.0. The molecule has 18 heteroatoms. The molecular weight excluding hydrogens is 630 g/mol. The van der Waals surface area contributed by atoms with Crippen LogP contribution in [0, 0.1) is 0 Å². The average molecular weight is 638 g/mol. The van der Waals surface area contributed by atoms with Crippen molar-refractivity contribution in [1.29, 1.82) is 0 Å². The highest BCUT2D eigenvalue weighted by molar-refractivity contribution is 5.89. The number of hydrogen-bond donors (Lipinski definition) is 0. The van der Waals surface area contributed by atoms with Gasteiger partial charge in [-0.15, -0.1) is 0 Å². The lowest BCUT2D eigenvalue weighted by Gasteiger charge is -2.24. The van der Waals surface area contributed by atoms with Crippen LogP contribution in [0.2, 0.25) is 0 Å². The lowest BCUT2D eigenvalue weighted by Crippen LogP contribution is -2.16. The third-order valence-corrected chi connectivity index (χ3v) is 5.57. The molecule has 230 valence electrons. The molecule has 0 heterocycles. The third-order valence-electron chi connectivity index (χ3n) is 5.57. The highest BCUT2D eigenvalue weighted by atomic mass is 19.4. The van der Waals surface area contributed by atoms with Gasteiger partial charge >= 0.3 is 37.1 Å². The molecule has 0 N–H and O–H groups in total. The van der Waals surface area contributed by atoms with E-state index in [9.17, 15) is 79.0 Å². The lowest BCUT2D eigenvalue weighted by molar-refractivity contribution is -0.144. The number of benzene rings is 3. The molecule has 3 aromatic rings. The van der Waals surface area contributed by atoms with Crippen molar-refractivity contribution in [3.05, 3.63) is 81.9 Å². The summed E-state index contributed by atoms with van der Waals surface area (Å²) in [4.78, 5) is 0. The van der Waals surface area contributed by atoms with Gasteiger partial charge < -0.3 is 0 Å². The van der Waals surface area contributed by atoms with E-state index in [0.717, 1.165) is 0 Å². The highest BCUT2D eigenvalue weighted by Gasteiger charge is 2.44. The Kier molecular flexibility index (Phi) is 7.83. The Morgan fingerprint density at radius 3 is 0.667 bits per heavy atom. The SMILES string of the molecule is FC(F)(F)c1cc(-c2c(C(F)(F)F)ccc(C(F)(F)F)c2-c2cc(C(F)(F)F)cc(C(F)(F)F)c2)cc(C(F)(F)F)c1. The molecule has 0 nitrogen and oxygen atoms in total. The molecule has 0 aliphatic rings. The minimum atomic E-state index is -5.89. The second kappa shape index (κ2) is 10.00. The van der Waals surface area contributed by atoms with Crippen LogP contribution in [-0.2, 0) is 37.1 Å². The smallest absolute Gasteiger partial charge is 0.166 e. The Bertz CT molecular complexity index is 1300. The third kappa shape index (κ3) is 6.88. The van der Waals surface area contributed by atoms with Gasteiger partial charge in [-0.3, -0.25) is 0 Å². The standard InChI is InChI=1S/C24H8F18/c25-19(26,27)11-3-9(4-12(7-11)20(28,29)30)17-15(23(37,38)39)1-2-16(24(40,41)42)18(17)10-5-13(21(31,32)33)8-14(6-10)22(34,35)36/h1-8H. The summed E-state index contributed by atoms with van der Waals surface area (Å²) >= 11 is 0. The van der Waals surface area contributed by atoms with Crippen LogP contribution in [-0.4, -0.2) is 0 Å². The van der Waals surface area contributed by atoms with E-state index in [1.165, 1.54) is 0 Å². The maximum absolute atomic E-state index is 14.0. The van der Waals surface area contributed by atoms with Crippen LogP contribution in [0.4, 0.5) is 79.0 Å². The van der Waals surface area contributed by atoms with Crippen molar-refractivity contribution in [3.63, 3.8) is 0 Å². The monoisotopic (exact) mass is 638 g/mol. The Morgan fingerprint density at radius 1 is 0.286 bits per heavy atom. The van der Waals surface area contributed by atoms with E-state index in [1.807, 2.05) is 0 Å². The van der Waals surface area contributed by atoms with Crippen molar-refractivity contribution in [3.8, 4) is 22.3 Å².